The van der Waals surface area contributed by atoms with Gasteiger partial charge in [-0.2, -0.15) is 0 Å². The van der Waals surface area contributed by atoms with Crippen LogP contribution in [0.5, 0.6) is 17.2 Å². The molecule has 0 unspecified atom stereocenters. The fourth-order valence-electron chi connectivity index (χ4n) is 2.28. The highest BCUT2D eigenvalue weighted by molar-refractivity contribution is 7.90. The third kappa shape index (κ3) is 4.67. The molecule has 1 aliphatic heterocycles. The first-order chi connectivity index (χ1) is 12.8. The molecular weight excluding hydrogens is 376 g/mol. The smallest absolute Gasteiger partial charge is 0.264 e. The largest absolute Gasteiger partial charge is 0.484 e. The van der Waals surface area contributed by atoms with Crippen LogP contribution >= 0.6 is 0 Å². The maximum atomic E-state index is 12.0. The van der Waals surface area contributed by atoms with E-state index in [0.29, 0.717) is 22.9 Å². The molecule has 27 heavy (non-hydrogen) atoms. The average Bonchev–Trinajstić information content (AvgIpc) is 3.07. The maximum Gasteiger partial charge on any atom is 0.264 e. The van der Waals surface area contributed by atoms with Crippen LogP contribution < -0.4 is 24.2 Å². The number of fused-ring (bicyclic) bond motifs is 1. The first kappa shape index (κ1) is 18.5. The molecule has 2 aromatic carbocycles. The summed E-state index contributed by atoms with van der Waals surface area (Å²) < 4.78 is 41.4. The standard InChI is InChI=1S/C17H16N2O7S/c1-11(20)19-27(22,23)14-5-2-12(3-6-14)18-17(21)9-24-13-4-7-15-16(8-13)26-10-25-15/h2-8H,9-10H2,1H3,(H,18,21)(H,19,20). The van der Waals surface area contributed by atoms with Crippen LogP contribution in [0.2, 0.25) is 0 Å². The van der Waals surface area contributed by atoms with Crippen molar-refractivity contribution in [1.29, 1.82) is 0 Å². The fraction of sp³-hybridized carbons (Fsp3) is 0.176. The average molecular weight is 392 g/mol. The number of anilines is 1. The van der Waals surface area contributed by atoms with Crippen molar-refractivity contribution in [2.45, 2.75) is 11.8 Å². The van der Waals surface area contributed by atoms with Crippen LogP contribution in [-0.2, 0) is 19.6 Å². The molecule has 10 heteroatoms. The first-order valence-corrected chi connectivity index (χ1v) is 9.27. The van der Waals surface area contributed by atoms with E-state index >= 15 is 0 Å². The summed E-state index contributed by atoms with van der Waals surface area (Å²) in [5.41, 5.74) is 0.385. The Morgan fingerprint density at radius 1 is 1.07 bits per heavy atom. The van der Waals surface area contributed by atoms with Gasteiger partial charge >= 0.3 is 0 Å². The zero-order chi connectivity index (χ0) is 19.4. The summed E-state index contributed by atoms with van der Waals surface area (Å²) in [6.45, 7) is 1.00. The molecule has 142 valence electrons. The summed E-state index contributed by atoms with van der Waals surface area (Å²) in [5, 5.41) is 2.58. The lowest BCUT2D eigenvalue weighted by Gasteiger charge is -2.09. The predicted molar refractivity (Wildman–Crippen MR) is 94.1 cm³/mol. The quantitative estimate of drug-likeness (QED) is 0.759. The number of carbonyl (C=O) groups is 2. The van der Waals surface area contributed by atoms with Gasteiger partial charge < -0.3 is 19.5 Å². The van der Waals surface area contributed by atoms with E-state index < -0.39 is 21.8 Å². The number of carbonyl (C=O) groups excluding carboxylic acids is 2. The minimum atomic E-state index is -3.92. The van der Waals surface area contributed by atoms with Crippen molar-refractivity contribution < 1.29 is 32.2 Å². The van der Waals surface area contributed by atoms with Crippen molar-refractivity contribution in [1.82, 2.24) is 4.72 Å². The molecular formula is C17H16N2O7S. The van der Waals surface area contributed by atoms with Gasteiger partial charge in [-0.15, -0.1) is 0 Å². The molecule has 0 saturated carbocycles. The van der Waals surface area contributed by atoms with Crippen molar-refractivity contribution in [2.75, 3.05) is 18.7 Å². The van der Waals surface area contributed by atoms with Gasteiger partial charge in [-0.05, 0) is 36.4 Å². The van der Waals surface area contributed by atoms with Crippen molar-refractivity contribution in [3.05, 3.63) is 42.5 Å². The second kappa shape index (κ2) is 7.54. The molecule has 9 nitrogen and oxygen atoms in total. The molecule has 0 radical (unpaired) electrons. The van der Waals surface area contributed by atoms with Gasteiger partial charge in [0.1, 0.15) is 5.75 Å². The minimum Gasteiger partial charge on any atom is -0.484 e. The lowest BCUT2D eigenvalue weighted by molar-refractivity contribution is -0.118. The predicted octanol–water partition coefficient (Wildman–Crippen LogP) is 1.26. The van der Waals surface area contributed by atoms with E-state index in [4.69, 9.17) is 14.2 Å². The Morgan fingerprint density at radius 3 is 2.48 bits per heavy atom. The van der Waals surface area contributed by atoms with Gasteiger partial charge in [0.05, 0.1) is 4.90 Å². The summed E-state index contributed by atoms with van der Waals surface area (Å²) in [5.74, 6) is 0.495. The zero-order valence-electron chi connectivity index (χ0n) is 14.2. The number of benzene rings is 2. The third-order valence-corrected chi connectivity index (χ3v) is 4.89. The summed E-state index contributed by atoms with van der Waals surface area (Å²) in [6.07, 6.45) is 0. The molecule has 3 rings (SSSR count). The van der Waals surface area contributed by atoms with Crippen molar-refractivity contribution in [3.63, 3.8) is 0 Å². The monoisotopic (exact) mass is 392 g/mol. The number of hydrogen-bond donors (Lipinski definition) is 2. The molecule has 0 aromatic heterocycles. The molecule has 0 fully saturated rings. The first-order valence-electron chi connectivity index (χ1n) is 7.79. The SMILES string of the molecule is CC(=O)NS(=O)(=O)c1ccc(NC(=O)COc2ccc3c(c2)OCO3)cc1. The molecule has 1 heterocycles. The fourth-order valence-corrected chi connectivity index (χ4v) is 3.27. The molecule has 1 aliphatic rings. The molecule has 2 amide bonds. The topological polar surface area (TPSA) is 120 Å². The van der Waals surface area contributed by atoms with Gasteiger partial charge in [0, 0.05) is 18.7 Å². The van der Waals surface area contributed by atoms with Crippen LogP contribution in [0.1, 0.15) is 6.92 Å². The molecule has 0 bridgehead atoms. The van der Waals surface area contributed by atoms with Gasteiger partial charge in [0.2, 0.25) is 12.7 Å². The Morgan fingerprint density at radius 2 is 1.78 bits per heavy atom. The van der Waals surface area contributed by atoms with E-state index in [1.807, 2.05) is 4.72 Å². The van der Waals surface area contributed by atoms with E-state index in [2.05, 4.69) is 5.32 Å². The second-order valence-corrected chi connectivity index (χ2v) is 7.22. The Balaban J connectivity index is 1.56. The van der Waals surface area contributed by atoms with Gasteiger partial charge in [-0.1, -0.05) is 0 Å². The lowest BCUT2D eigenvalue weighted by Crippen LogP contribution is -2.28. The number of rotatable bonds is 6. The van der Waals surface area contributed by atoms with E-state index in [1.165, 1.54) is 24.3 Å². The molecule has 0 aliphatic carbocycles. The van der Waals surface area contributed by atoms with Crippen LogP contribution in [-0.4, -0.2) is 33.6 Å². The van der Waals surface area contributed by atoms with E-state index in [-0.39, 0.29) is 18.3 Å². The van der Waals surface area contributed by atoms with E-state index in [0.717, 1.165) is 6.92 Å². The van der Waals surface area contributed by atoms with Crippen LogP contribution in [0.25, 0.3) is 0 Å². The highest BCUT2D eigenvalue weighted by Crippen LogP contribution is 2.35. The van der Waals surface area contributed by atoms with Crippen molar-refractivity contribution in [2.24, 2.45) is 0 Å². The number of hydrogen-bond acceptors (Lipinski definition) is 7. The van der Waals surface area contributed by atoms with Gasteiger partial charge in [-0.3, -0.25) is 9.59 Å². The Bertz CT molecular complexity index is 971. The highest BCUT2D eigenvalue weighted by Gasteiger charge is 2.16. The van der Waals surface area contributed by atoms with Crippen molar-refractivity contribution in [3.8, 4) is 17.2 Å². The zero-order valence-corrected chi connectivity index (χ0v) is 15.0. The summed E-state index contributed by atoms with van der Waals surface area (Å²) in [4.78, 5) is 22.8. The molecule has 0 spiro atoms. The second-order valence-electron chi connectivity index (χ2n) is 5.54. The van der Waals surface area contributed by atoms with Gasteiger partial charge in [0.25, 0.3) is 15.9 Å². The van der Waals surface area contributed by atoms with Crippen LogP contribution in [0.4, 0.5) is 5.69 Å². The minimum absolute atomic E-state index is 0.0905. The normalized spacial score (nSPS) is 12.3. The summed E-state index contributed by atoms with van der Waals surface area (Å²) in [7, 11) is -3.92. The Labute approximate surface area is 155 Å². The van der Waals surface area contributed by atoms with E-state index in [1.54, 1.807) is 18.2 Å². The molecule has 0 atom stereocenters. The van der Waals surface area contributed by atoms with Gasteiger partial charge in [0.15, 0.2) is 18.1 Å². The Kier molecular flexibility index (Phi) is 5.17. The molecule has 2 aromatic rings. The van der Waals surface area contributed by atoms with Crippen LogP contribution in [0.3, 0.4) is 0 Å². The molecule has 0 saturated heterocycles. The van der Waals surface area contributed by atoms with E-state index in [9.17, 15) is 18.0 Å². The van der Waals surface area contributed by atoms with Crippen LogP contribution in [0, 0.1) is 0 Å². The summed E-state index contributed by atoms with van der Waals surface area (Å²) in [6, 6.07) is 10.3. The lowest BCUT2D eigenvalue weighted by atomic mass is 10.3. The number of ether oxygens (including phenoxy) is 3. The third-order valence-electron chi connectivity index (χ3n) is 3.44. The highest BCUT2D eigenvalue weighted by atomic mass is 32.2. The number of sulfonamides is 1. The number of nitrogens with one attached hydrogen (secondary N) is 2. The Hall–Kier alpha value is -3.27. The van der Waals surface area contributed by atoms with Crippen LogP contribution in [0.15, 0.2) is 47.4 Å². The summed E-state index contributed by atoms with van der Waals surface area (Å²) >= 11 is 0. The van der Waals surface area contributed by atoms with Gasteiger partial charge in [-0.25, -0.2) is 13.1 Å². The van der Waals surface area contributed by atoms with Crippen molar-refractivity contribution >= 4 is 27.5 Å². The molecule has 2 N–H and O–H groups in total. The number of amides is 2. The maximum absolute atomic E-state index is 12.0.